The predicted octanol–water partition coefficient (Wildman–Crippen LogP) is 2.41. The number of hydrogen-bond acceptors (Lipinski definition) is 2. The van der Waals surface area contributed by atoms with Crippen molar-refractivity contribution in [3.63, 3.8) is 0 Å². The summed E-state index contributed by atoms with van der Waals surface area (Å²) in [6, 6.07) is 8.04. The maximum atomic E-state index is 10.6. The average molecular weight is 244 g/mol. The Kier molecular flexibility index (Phi) is 3.46. The number of rotatable bonds is 4. The summed E-state index contributed by atoms with van der Waals surface area (Å²) in [6.07, 6.45) is 2.51. The fraction of sp³-hybridized carbons (Fsp3) is 0.286. The zero-order chi connectivity index (χ0) is 13.1. The third-order valence-electron chi connectivity index (χ3n) is 2.96. The minimum absolute atomic E-state index is 0.109. The summed E-state index contributed by atoms with van der Waals surface area (Å²) in [7, 11) is 1.89. The summed E-state index contributed by atoms with van der Waals surface area (Å²) < 4.78 is 1.89. The van der Waals surface area contributed by atoms with Crippen LogP contribution in [0.25, 0.3) is 11.3 Å². The van der Waals surface area contributed by atoms with Crippen LogP contribution >= 0.6 is 0 Å². The van der Waals surface area contributed by atoms with Crippen molar-refractivity contribution in [2.45, 2.75) is 19.8 Å². The summed E-state index contributed by atoms with van der Waals surface area (Å²) in [4.78, 5) is 15.1. The van der Waals surface area contributed by atoms with E-state index in [1.165, 1.54) is 5.56 Å². The van der Waals surface area contributed by atoms with E-state index in [4.69, 9.17) is 5.11 Å². The average Bonchev–Trinajstić information content (AvgIpc) is 2.68. The Labute approximate surface area is 106 Å². The highest BCUT2D eigenvalue weighted by atomic mass is 16.4. The maximum Gasteiger partial charge on any atom is 0.303 e. The van der Waals surface area contributed by atoms with Gasteiger partial charge in [-0.15, -0.1) is 0 Å². The lowest BCUT2D eigenvalue weighted by molar-refractivity contribution is -0.137. The van der Waals surface area contributed by atoms with E-state index in [1.54, 1.807) is 0 Å². The number of aliphatic carboxylic acids is 1. The number of carbonyl (C=O) groups is 1. The van der Waals surface area contributed by atoms with Crippen LogP contribution < -0.4 is 0 Å². The van der Waals surface area contributed by atoms with Crippen LogP contribution in [0.4, 0.5) is 0 Å². The van der Waals surface area contributed by atoms with Crippen molar-refractivity contribution in [3.05, 3.63) is 41.9 Å². The molecular formula is C14H16N2O2. The highest BCUT2D eigenvalue weighted by Crippen LogP contribution is 2.22. The molecular weight excluding hydrogens is 228 g/mol. The SMILES string of the molecule is Cc1ccccc1-c1cn(C)c(CCC(=O)O)n1. The van der Waals surface area contributed by atoms with Gasteiger partial charge in [-0.3, -0.25) is 4.79 Å². The van der Waals surface area contributed by atoms with Crippen molar-refractivity contribution in [1.82, 2.24) is 9.55 Å². The molecule has 0 radical (unpaired) electrons. The Hall–Kier alpha value is -2.10. The number of nitrogens with zero attached hydrogens (tertiary/aromatic N) is 2. The van der Waals surface area contributed by atoms with Gasteiger partial charge in [0, 0.05) is 25.2 Å². The molecule has 0 amide bonds. The van der Waals surface area contributed by atoms with Crippen molar-refractivity contribution in [1.29, 1.82) is 0 Å². The molecule has 0 atom stereocenters. The summed E-state index contributed by atoms with van der Waals surface area (Å²) >= 11 is 0. The van der Waals surface area contributed by atoms with Crippen LogP contribution in [0.2, 0.25) is 0 Å². The minimum Gasteiger partial charge on any atom is -0.481 e. The van der Waals surface area contributed by atoms with Crippen LogP contribution in [0.3, 0.4) is 0 Å². The molecule has 0 unspecified atom stereocenters. The second kappa shape index (κ2) is 5.04. The Morgan fingerprint density at radius 2 is 2.11 bits per heavy atom. The van der Waals surface area contributed by atoms with Crippen molar-refractivity contribution in [3.8, 4) is 11.3 Å². The van der Waals surface area contributed by atoms with E-state index in [0.717, 1.165) is 17.1 Å². The van der Waals surface area contributed by atoms with Gasteiger partial charge in [-0.25, -0.2) is 4.98 Å². The van der Waals surface area contributed by atoms with E-state index in [1.807, 2.05) is 49.0 Å². The molecule has 1 N–H and O–H groups in total. The molecule has 94 valence electrons. The minimum atomic E-state index is -0.796. The Balaban J connectivity index is 2.29. The standard InChI is InChI=1S/C14H16N2O2/c1-10-5-3-4-6-11(10)12-9-16(2)13(15-12)7-8-14(17)18/h3-6,9H,7-8H2,1-2H3,(H,17,18). The fourth-order valence-corrected chi connectivity index (χ4v) is 1.95. The number of carboxylic acid groups (broad SMARTS) is 1. The van der Waals surface area contributed by atoms with Gasteiger partial charge in [-0.2, -0.15) is 0 Å². The topological polar surface area (TPSA) is 55.1 Å². The molecule has 0 fully saturated rings. The van der Waals surface area contributed by atoms with E-state index < -0.39 is 5.97 Å². The van der Waals surface area contributed by atoms with Gasteiger partial charge >= 0.3 is 5.97 Å². The number of carboxylic acids is 1. The summed E-state index contributed by atoms with van der Waals surface area (Å²) in [5, 5.41) is 8.70. The molecule has 2 aromatic rings. The van der Waals surface area contributed by atoms with Crippen molar-refractivity contribution >= 4 is 5.97 Å². The predicted molar refractivity (Wildman–Crippen MR) is 69.3 cm³/mol. The third kappa shape index (κ3) is 2.59. The van der Waals surface area contributed by atoms with Gasteiger partial charge in [-0.05, 0) is 12.5 Å². The largest absolute Gasteiger partial charge is 0.481 e. The number of hydrogen-bond donors (Lipinski definition) is 1. The monoisotopic (exact) mass is 244 g/mol. The van der Waals surface area contributed by atoms with Crippen LogP contribution in [0.1, 0.15) is 17.8 Å². The molecule has 1 aromatic heterocycles. The van der Waals surface area contributed by atoms with E-state index in [-0.39, 0.29) is 6.42 Å². The van der Waals surface area contributed by atoms with Gasteiger partial charge in [0.2, 0.25) is 0 Å². The molecule has 0 saturated heterocycles. The molecule has 1 heterocycles. The molecule has 2 rings (SSSR count). The van der Waals surface area contributed by atoms with Crippen molar-refractivity contribution < 1.29 is 9.90 Å². The molecule has 0 aliphatic heterocycles. The summed E-state index contributed by atoms with van der Waals surface area (Å²) in [5.74, 6) is 0.00564. The number of benzene rings is 1. The number of imidazole rings is 1. The highest BCUT2D eigenvalue weighted by molar-refractivity contribution is 5.67. The molecule has 0 aliphatic rings. The molecule has 0 bridgehead atoms. The van der Waals surface area contributed by atoms with Crippen LogP contribution in [-0.4, -0.2) is 20.6 Å². The second-order valence-corrected chi connectivity index (χ2v) is 4.36. The van der Waals surface area contributed by atoms with Crippen LogP contribution in [-0.2, 0) is 18.3 Å². The molecule has 4 nitrogen and oxygen atoms in total. The van der Waals surface area contributed by atoms with Gasteiger partial charge in [0.25, 0.3) is 0 Å². The molecule has 0 saturated carbocycles. The molecule has 1 aromatic carbocycles. The van der Waals surface area contributed by atoms with Crippen LogP contribution in [0.5, 0.6) is 0 Å². The van der Waals surface area contributed by atoms with Gasteiger partial charge in [-0.1, -0.05) is 24.3 Å². The molecule has 0 spiro atoms. The normalized spacial score (nSPS) is 10.6. The molecule has 0 aliphatic carbocycles. The molecule has 18 heavy (non-hydrogen) atoms. The van der Waals surface area contributed by atoms with Crippen LogP contribution in [0, 0.1) is 6.92 Å². The van der Waals surface area contributed by atoms with Crippen molar-refractivity contribution in [2.24, 2.45) is 7.05 Å². The van der Waals surface area contributed by atoms with E-state index in [9.17, 15) is 4.79 Å². The molecule has 4 heteroatoms. The lowest BCUT2D eigenvalue weighted by Crippen LogP contribution is -2.02. The zero-order valence-corrected chi connectivity index (χ0v) is 10.6. The smallest absolute Gasteiger partial charge is 0.303 e. The Morgan fingerprint density at radius 3 is 2.78 bits per heavy atom. The van der Waals surface area contributed by atoms with Gasteiger partial charge in [0.1, 0.15) is 5.82 Å². The first-order valence-corrected chi connectivity index (χ1v) is 5.88. The zero-order valence-electron chi connectivity index (χ0n) is 10.6. The first kappa shape index (κ1) is 12.4. The quantitative estimate of drug-likeness (QED) is 0.898. The van der Waals surface area contributed by atoms with E-state index in [0.29, 0.717) is 6.42 Å². The van der Waals surface area contributed by atoms with E-state index >= 15 is 0 Å². The van der Waals surface area contributed by atoms with E-state index in [2.05, 4.69) is 4.98 Å². The Bertz CT molecular complexity index is 573. The fourth-order valence-electron chi connectivity index (χ4n) is 1.95. The second-order valence-electron chi connectivity index (χ2n) is 4.36. The maximum absolute atomic E-state index is 10.6. The lowest BCUT2D eigenvalue weighted by Gasteiger charge is -2.00. The first-order valence-electron chi connectivity index (χ1n) is 5.88. The number of aryl methyl sites for hydroxylation is 3. The lowest BCUT2D eigenvalue weighted by atomic mass is 10.1. The van der Waals surface area contributed by atoms with Crippen LogP contribution in [0.15, 0.2) is 30.5 Å². The first-order chi connectivity index (χ1) is 8.58. The van der Waals surface area contributed by atoms with Crippen molar-refractivity contribution in [2.75, 3.05) is 0 Å². The third-order valence-corrected chi connectivity index (χ3v) is 2.96. The van der Waals surface area contributed by atoms with Gasteiger partial charge in [0.05, 0.1) is 12.1 Å². The summed E-state index contributed by atoms with van der Waals surface area (Å²) in [5.41, 5.74) is 3.16. The van der Waals surface area contributed by atoms with Gasteiger partial charge < -0.3 is 9.67 Å². The Morgan fingerprint density at radius 1 is 1.39 bits per heavy atom. The van der Waals surface area contributed by atoms with Gasteiger partial charge in [0.15, 0.2) is 0 Å². The summed E-state index contributed by atoms with van der Waals surface area (Å²) in [6.45, 7) is 2.04. The highest BCUT2D eigenvalue weighted by Gasteiger charge is 2.10. The number of aromatic nitrogens is 2.